The van der Waals surface area contributed by atoms with Gasteiger partial charge in [0.05, 0.1) is 0 Å². The van der Waals surface area contributed by atoms with Crippen LogP contribution in [0.25, 0.3) is 0 Å². The smallest absolute Gasteiger partial charge is 0.112 e. The molecule has 0 unspecified atom stereocenters. The Bertz CT molecular complexity index is 354. The Balaban J connectivity index is 0.000000555. The average Bonchev–Trinajstić information content (AvgIpc) is 2.34. The van der Waals surface area contributed by atoms with Crippen LogP contribution < -0.4 is 31.7 Å². The molecular weight excluding hydrogens is 391 g/mol. The summed E-state index contributed by atoms with van der Waals surface area (Å²) in [7, 11) is -1.50. The van der Waals surface area contributed by atoms with Crippen molar-refractivity contribution >= 4 is 23.2 Å². The summed E-state index contributed by atoms with van der Waals surface area (Å²) >= 11 is -1.21. The van der Waals surface area contributed by atoms with Crippen LogP contribution in [-0.4, -0.2) is 33.8 Å². The van der Waals surface area contributed by atoms with Gasteiger partial charge in [0.1, 0.15) is 0 Å². The van der Waals surface area contributed by atoms with Crippen LogP contribution in [0.15, 0.2) is 18.2 Å². The third kappa shape index (κ3) is 7.80. The first-order valence-corrected chi connectivity index (χ1v) is 11.6. The van der Waals surface area contributed by atoms with E-state index in [-0.39, 0.29) is 0 Å². The Hall–Kier alpha value is -0.260. The van der Waals surface area contributed by atoms with Crippen molar-refractivity contribution in [3.05, 3.63) is 18.2 Å². The molecule has 0 aliphatic rings. The van der Waals surface area contributed by atoms with Gasteiger partial charge in [0.25, 0.3) is 0 Å². The van der Waals surface area contributed by atoms with Gasteiger partial charge in [-0.15, -0.1) is 10.2 Å². The molecule has 0 aliphatic carbocycles. The van der Waals surface area contributed by atoms with E-state index in [4.69, 9.17) is 28.1 Å². The molecule has 1 aromatic rings. The van der Waals surface area contributed by atoms with E-state index in [9.17, 15) is 0 Å². The summed E-state index contributed by atoms with van der Waals surface area (Å²) in [5, 5.41) is 0. The van der Waals surface area contributed by atoms with Crippen LogP contribution in [0, 0.1) is 10.2 Å². The van der Waals surface area contributed by atoms with E-state index >= 15 is 0 Å². The van der Waals surface area contributed by atoms with Gasteiger partial charge in [-0.25, -0.2) is 18.6 Å². The van der Waals surface area contributed by atoms with Gasteiger partial charge in [-0.05, 0) is 0 Å². The molecule has 19 heavy (non-hydrogen) atoms. The van der Waals surface area contributed by atoms with Gasteiger partial charge in [-0.2, -0.15) is 0 Å². The second kappa shape index (κ2) is 8.82. The van der Waals surface area contributed by atoms with Crippen LogP contribution in [0.5, 0.6) is 11.5 Å². The van der Waals surface area contributed by atoms with Gasteiger partial charge in [0.2, 0.25) is 0 Å². The topological polar surface area (TPSA) is 111 Å². The van der Waals surface area contributed by atoms with Gasteiger partial charge in [0, 0.05) is 0 Å². The van der Waals surface area contributed by atoms with Gasteiger partial charge < -0.3 is 0 Å². The number of rotatable bonds is 4. The summed E-state index contributed by atoms with van der Waals surface area (Å²) in [6.45, 7) is 2.24. The molecule has 110 valence electrons. The summed E-state index contributed by atoms with van der Waals surface area (Å²) in [6.07, 6.45) is 0. The fraction of sp³-hybridized carbons (Fsp3) is 0.455. The van der Waals surface area contributed by atoms with Crippen LogP contribution in [0.2, 0.25) is 9.44 Å². The molecular formula is C11H17ClO6Te. The van der Waals surface area contributed by atoms with Crippen LogP contribution in [0.1, 0.15) is 6.92 Å². The van der Waals surface area contributed by atoms with Crippen LogP contribution in [-0.2, 0) is 0 Å². The standard InChI is InChI=1S/C11H17O2Te.ClHO4/c1-5-14(4)11-9(12-2)7-6-8-10(11)13-3;2-1(3,4)5/h6-8H,5H2,1-4H3;(H,2,3,4,5)/q+1;/p-1. The normalized spacial score (nSPS) is 10.8. The minimum Gasteiger partial charge on any atom is -0.222 e. The Morgan fingerprint density at radius 2 is 1.42 bits per heavy atom. The van der Waals surface area contributed by atoms with Gasteiger partial charge in [0.15, 0.2) is 0 Å². The molecule has 1 aromatic carbocycles. The van der Waals surface area contributed by atoms with E-state index in [2.05, 4.69) is 11.9 Å². The molecule has 0 heterocycles. The minimum atomic E-state index is -4.94. The molecule has 0 amide bonds. The Labute approximate surface area is 122 Å². The predicted molar refractivity (Wildman–Crippen MR) is 61.3 cm³/mol. The van der Waals surface area contributed by atoms with E-state index in [0.717, 1.165) is 11.5 Å². The van der Waals surface area contributed by atoms with Crippen LogP contribution >= 0.6 is 0 Å². The zero-order chi connectivity index (χ0) is 15.1. The number of hydrogen-bond donors (Lipinski definition) is 0. The fourth-order valence-corrected chi connectivity index (χ4v) is 4.95. The molecule has 0 spiro atoms. The predicted octanol–water partition coefficient (Wildman–Crippen LogP) is -2.70. The number of halogens is 1. The van der Waals surface area contributed by atoms with Crippen molar-refractivity contribution in [3.63, 3.8) is 0 Å². The molecule has 0 N–H and O–H groups in total. The van der Waals surface area contributed by atoms with Crippen molar-refractivity contribution in [2.24, 2.45) is 0 Å². The largest absolute Gasteiger partial charge is 0.222 e. The number of methoxy groups -OCH3 is 2. The maximum atomic E-state index is 8.49. The molecule has 0 bridgehead atoms. The summed E-state index contributed by atoms with van der Waals surface area (Å²) in [4.78, 5) is 2.35. The quantitative estimate of drug-likeness (QED) is 0.502. The Morgan fingerprint density at radius 1 is 1.05 bits per heavy atom. The SMILES string of the molecule is CC[Te+](C)c1c(OC)cccc1OC.[O-][Cl+3]([O-])([O-])[O-]. The molecule has 8 heteroatoms. The van der Waals surface area contributed by atoms with Crippen molar-refractivity contribution in [2.45, 2.75) is 16.4 Å². The van der Waals surface area contributed by atoms with E-state index in [1.165, 1.54) is 8.08 Å². The molecule has 6 nitrogen and oxygen atoms in total. The molecule has 0 aromatic heterocycles. The van der Waals surface area contributed by atoms with Crippen molar-refractivity contribution in [3.8, 4) is 11.5 Å². The first-order valence-electron chi connectivity index (χ1n) is 5.19. The van der Waals surface area contributed by atoms with Gasteiger partial charge >= 0.3 is 92.9 Å². The van der Waals surface area contributed by atoms with E-state index in [1.54, 1.807) is 14.2 Å². The second-order valence-corrected chi connectivity index (χ2v) is 10.5. The summed E-state index contributed by atoms with van der Waals surface area (Å²) in [5.74, 6) is 1.98. The van der Waals surface area contributed by atoms with Crippen molar-refractivity contribution in [1.82, 2.24) is 0 Å². The van der Waals surface area contributed by atoms with Gasteiger partial charge in [-0.3, -0.25) is 0 Å². The van der Waals surface area contributed by atoms with E-state index < -0.39 is 29.8 Å². The third-order valence-corrected chi connectivity index (χ3v) is 7.77. The van der Waals surface area contributed by atoms with Crippen LogP contribution in [0.4, 0.5) is 0 Å². The summed E-state index contributed by atoms with van der Waals surface area (Å²) < 4.78 is 47.3. The number of benzene rings is 1. The second-order valence-electron chi connectivity index (χ2n) is 3.30. The van der Waals surface area contributed by atoms with Crippen molar-refractivity contribution in [2.75, 3.05) is 14.2 Å². The molecule has 0 saturated carbocycles. The van der Waals surface area contributed by atoms with Crippen molar-refractivity contribution in [1.29, 1.82) is 0 Å². The number of ether oxygens (including phenoxy) is 2. The maximum absolute atomic E-state index is 8.49. The Kier molecular flexibility index (Phi) is 8.70. The third-order valence-electron chi connectivity index (χ3n) is 2.16. The molecule has 1 rings (SSSR count). The summed E-state index contributed by atoms with van der Waals surface area (Å²) in [6, 6.07) is 6.01. The molecule has 0 saturated heterocycles. The first kappa shape index (κ1) is 18.7. The number of hydrogen-bond acceptors (Lipinski definition) is 6. The summed E-state index contributed by atoms with van der Waals surface area (Å²) in [5.41, 5.74) is 0. The molecule has 0 aliphatic heterocycles. The molecule has 0 atom stereocenters. The maximum Gasteiger partial charge on any atom is -0.112 e. The van der Waals surface area contributed by atoms with Crippen molar-refractivity contribution < 1.29 is 38.4 Å². The molecule has 0 fully saturated rings. The first-order chi connectivity index (χ1) is 8.74. The zero-order valence-electron chi connectivity index (χ0n) is 11.2. The Morgan fingerprint density at radius 3 is 1.68 bits per heavy atom. The van der Waals surface area contributed by atoms with Crippen LogP contribution in [0.3, 0.4) is 0 Å². The molecule has 0 radical (unpaired) electrons. The van der Waals surface area contributed by atoms with E-state index in [0.29, 0.717) is 0 Å². The monoisotopic (exact) mass is 410 g/mol. The fourth-order valence-electron chi connectivity index (χ4n) is 1.30. The van der Waals surface area contributed by atoms with E-state index in [1.807, 2.05) is 18.2 Å². The minimum absolute atomic E-state index is 0.991. The zero-order valence-corrected chi connectivity index (χ0v) is 14.3. The van der Waals surface area contributed by atoms with Gasteiger partial charge in [-0.1, -0.05) is 0 Å². The average molecular weight is 408 g/mol.